The second kappa shape index (κ2) is 2.86. The van der Waals surface area contributed by atoms with E-state index in [1.165, 1.54) is 0 Å². The van der Waals surface area contributed by atoms with Crippen LogP contribution in [0, 0.1) is 0 Å². The Bertz CT molecular complexity index is 449. The van der Waals surface area contributed by atoms with Crippen LogP contribution >= 0.6 is 11.6 Å². The van der Waals surface area contributed by atoms with Crippen LogP contribution in [0.1, 0.15) is 5.69 Å². The van der Waals surface area contributed by atoms with Gasteiger partial charge in [0.2, 0.25) is 0 Å². The van der Waals surface area contributed by atoms with Gasteiger partial charge < -0.3 is 15.9 Å². The fourth-order valence-corrected chi connectivity index (χ4v) is 1.34. The number of fused-ring (bicyclic) bond motifs is 1. The number of nitrogens with two attached hydrogens (primary N) is 2. The molecule has 0 aliphatic carbocycles. The van der Waals surface area contributed by atoms with E-state index in [2.05, 4.69) is 9.97 Å². The Kier molecular flexibility index (Phi) is 1.82. The van der Waals surface area contributed by atoms with Crippen LogP contribution < -0.4 is 11.5 Å². The first-order valence-corrected chi connectivity index (χ1v) is 4.08. The Morgan fingerprint density at radius 2 is 2.15 bits per heavy atom. The summed E-state index contributed by atoms with van der Waals surface area (Å²) in [5.74, 6) is 0.312. The third kappa shape index (κ3) is 1.32. The van der Waals surface area contributed by atoms with E-state index < -0.39 is 0 Å². The van der Waals surface area contributed by atoms with Gasteiger partial charge in [-0.05, 0) is 0 Å². The van der Waals surface area contributed by atoms with E-state index in [4.69, 9.17) is 23.1 Å². The van der Waals surface area contributed by atoms with Gasteiger partial charge in [0, 0.05) is 18.9 Å². The minimum atomic E-state index is 0.312. The van der Waals surface area contributed by atoms with E-state index >= 15 is 0 Å². The van der Waals surface area contributed by atoms with Crippen LogP contribution in [-0.4, -0.2) is 14.4 Å². The molecule has 4 N–H and O–H groups in total. The molecule has 0 atom stereocenters. The third-order valence-corrected chi connectivity index (χ3v) is 1.88. The molecule has 2 aromatic rings. The van der Waals surface area contributed by atoms with Crippen LogP contribution in [0.5, 0.6) is 0 Å². The molecule has 0 unspecified atom stereocenters. The van der Waals surface area contributed by atoms with Gasteiger partial charge in [-0.15, -0.1) is 0 Å². The van der Waals surface area contributed by atoms with Gasteiger partial charge in [0.05, 0.1) is 5.69 Å². The first kappa shape index (κ1) is 8.28. The van der Waals surface area contributed by atoms with Crippen molar-refractivity contribution in [3.05, 3.63) is 23.2 Å². The molecule has 2 rings (SSSR count). The van der Waals surface area contributed by atoms with Gasteiger partial charge in [-0.3, -0.25) is 0 Å². The summed E-state index contributed by atoms with van der Waals surface area (Å²) in [6.45, 7) is 0.374. The lowest BCUT2D eigenvalue weighted by atomic mass is 10.5. The van der Waals surface area contributed by atoms with Crippen LogP contribution in [-0.2, 0) is 6.54 Å². The largest absolute Gasteiger partial charge is 0.381 e. The number of imidazole rings is 1. The van der Waals surface area contributed by atoms with Gasteiger partial charge in [-0.2, -0.15) is 0 Å². The summed E-state index contributed by atoms with van der Waals surface area (Å²) in [7, 11) is 0. The van der Waals surface area contributed by atoms with Crippen molar-refractivity contribution in [3.63, 3.8) is 0 Å². The molecule has 0 aromatic carbocycles. The van der Waals surface area contributed by atoms with Crippen LogP contribution in [0.15, 0.2) is 12.4 Å². The second-order valence-corrected chi connectivity index (χ2v) is 3.00. The SMILES string of the molecule is NCc1cn2cc(Cl)nc(N)c2n1. The quantitative estimate of drug-likeness (QED) is 0.695. The maximum absolute atomic E-state index is 5.71. The normalized spacial score (nSPS) is 10.9. The van der Waals surface area contributed by atoms with Crippen LogP contribution in [0.3, 0.4) is 0 Å². The molecule has 2 heterocycles. The molecule has 0 fully saturated rings. The average Bonchev–Trinajstić information content (AvgIpc) is 2.47. The van der Waals surface area contributed by atoms with Crippen molar-refractivity contribution in [2.24, 2.45) is 5.73 Å². The molecular formula is C7H8ClN5. The lowest BCUT2D eigenvalue weighted by molar-refractivity contribution is 1.02. The summed E-state index contributed by atoms with van der Waals surface area (Å²) in [6.07, 6.45) is 3.42. The number of hydrogen-bond acceptors (Lipinski definition) is 4. The lowest BCUT2D eigenvalue weighted by Gasteiger charge is -1.96. The van der Waals surface area contributed by atoms with Crippen LogP contribution in [0.2, 0.25) is 5.15 Å². The standard InChI is InChI=1S/C7H8ClN5/c8-5-3-13-2-4(1-9)11-7(13)6(10)12-5/h2-3H,1,9H2,(H2,10,12). The van der Waals surface area contributed by atoms with Crippen molar-refractivity contribution in [2.45, 2.75) is 6.54 Å². The van der Waals surface area contributed by atoms with Crippen LogP contribution in [0.4, 0.5) is 5.82 Å². The summed E-state index contributed by atoms with van der Waals surface area (Å²) in [5.41, 5.74) is 12.4. The van der Waals surface area contributed by atoms with Crippen molar-refractivity contribution in [2.75, 3.05) is 5.73 Å². The summed E-state index contributed by atoms with van der Waals surface area (Å²) in [5, 5.41) is 0.339. The highest BCUT2D eigenvalue weighted by atomic mass is 35.5. The highest BCUT2D eigenvalue weighted by molar-refractivity contribution is 6.29. The summed E-state index contributed by atoms with van der Waals surface area (Å²) in [6, 6.07) is 0. The average molecular weight is 198 g/mol. The molecule has 6 heteroatoms. The van der Waals surface area contributed by atoms with Crippen LogP contribution in [0.25, 0.3) is 5.65 Å². The predicted molar refractivity (Wildman–Crippen MR) is 50.3 cm³/mol. The zero-order chi connectivity index (χ0) is 9.42. The van der Waals surface area contributed by atoms with Gasteiger partial charge >= 0.3 is 0 Å². The highest BCUT2D eigenvalue weighted by Gasteiger charge is 2.05. The smallest absolute Gasteiger partial charge is 0.180 e. The van der Waals surface area contributed by atoms with Crippen molar-refractivity contribution < 1.29 is 0 Å². The Morgan fingerprint density at radius 1 is 1.38 bits per heavy atom. The number of rotatable bonds is 1. The van der Waals surface area contributed by atoms with E-state index in [1.54, 1.807) is 16.8 Å². The predicted octanol–water partition coefficient (Wildman–Crippen LogP) is 0.424. The molecule has 0 aliphatic rings. The fourth-order valence-electron chi connectivity index (χ4n) is 1.14. The van der Waals surface area contributed by atoms with Gasteiger partial charge in [-0.1, -0.05) is 11.6 Å². The highest BCUT2D eigenvalue weighted by Crippen LogP contribution is 2.14. The molecule has 0 spiro atoms. The minimum Gasteiger partial charge on any atom is -0.381 e. The number of halogens is 1. The van der Waals surface area contributed by atoms with Crippen molar-refractivity contribution in [1.29, 1.82) is 0 Å². The fraction of sp³-hybridized carbons (Fsp3) is 0.143. The Morgan fingerprint density at radius 3 is 2.85 bits per heavy atom. The molecule has 5 nitrogen and oxygen atoms in total. The second-order valence-electron chi connectivity index (χ2n) is 2.62. The molecule has 0 saturated carbocycles. The maximum Gasteiger partial charge on any atom is 0.180 e. The molecule has 0 amide bonds. The molecule has 68 valence electrons. The van der Waals surface area contributed by atoms with Gasteiger partial charge in [-0.25, -0.2) is 9.97 Å². The van der Waals surface area contributed by atoms with E-state index in [-0.39, 0.29) is 0 Å². The topological polar surface area (TPSA) is 82.2 Å². The minimum absolute atomic E-state index is 0.312. The summed E-state index contributed by atoms with van der Waals surface area (Å²) < 4.78 is 1.72. The van der Waals surface area contributed by atoms with E-state index in [9.17, 15) is 0 Å². The Balaban J connectivity index is 2.75. The van der Waals surface area contributed by atoms with E-state index in [0.717, 1.165) is 5.69 Å². The Hall–Kier alpha value is -1.33. The zero-order valence-corrected chi connectivity index (χ0v) is 7.49. The maximum atomic E-state index is 5.71. The molecule has 0 bridgehead atoms. The van der Waals surface area contributed by atoms with E-state index in [0.29, 0.717) is 23.2 Å². The molecule has 13 heavy (non-hydrogen) atoms. The lowest BCUT2D eigenvalue weighted by Crippen LogP contribution is -1.96. The molecule has 0 saturated heterocycles. The number of hydrogen-bond donors (Lipinski definition) is 2. The van der Waals surface area contributed by atoms with Gasteiger partial charge in [0.15, 0.2) is 11.5 Å². The molecule has 0 aliphatic heterocycles. The van der Waals surface area contributed by atoms with Crippen molar-refractivity contribution in [1.82, 2.24) is 14.4 Å². The van der Waals surface area contributed by atoms with Gasteiger partial charge in [0.1, 0.15) is 5.15 Å². The third-order valence-electron chi connectivity index (χ3n) is 1.69. The number of nitrogen functional groups attached to an aromatic ring is 1. The first-order chi connectivity index (χ1) is 6.20. The summed E-state index contributed by atoms with van der Waals surface area (Å²) in [4.78, 5) is 8.03. The monoisotopic (exact) mass is 197 g/mol. The number of nitrogens with zero attached hydrogens (tertiary/aromatic N) is 3. The van der Waals surface area contributed by atoms with Gasteiger partial charge in [0.25, 0.3) is 0 Å². The number of aromatic nitrogens is 3. The molecule has 0 radical (unpaired) electrons. The summed E-state index contributed by atoms with van der Waals surface area (Å²) >= 11 is 5.71. The Labute approximate surface area is 79.3 Å². The van der Waals surface area contributed by atoms with E-state index in [1.807, 2.05) is 0 Å². The zero-order valence-electron chi connectivity index (χ0n) is 6.74. The van der Waals surface area contributed by atoms with Crippen molar-refractivity contribution >= 4 is 23.1 Å². The number of anilines is 1. The first-order valence-electron chi connectivity index (χ1n) is 3.70. The molecular weight excluding hydrogens is 190 g/mol. The van der Waals surface area contributed by atoms with Crippen molar-refractivity contribution in [3.8, 4) is 0 Å². The molecule has 2 aromatic heterocycles.